The third-order valence-electron chi connectivity index (χ3n) is 15.5. The van der Waals surface area contributed by atoms with Crippen molar-refractivity contribution in [3.8, 4) is 0 Å². The molecule has 0 N–H and O–H groups in total. The van der Waals surface area contributed by atoms with Crippen molar-refractivity contribution in [2.24, 2.45) is 32.5 Å². The average Bonchev–Trinajstić information content (AvgIpc) is 3.35. The van der Waals surface area contributed by atoms with Gasteiger partial charge in [0.15, 0.2) is 5.41 Å². The summed E-state index contributed by atoms with van der Waals surface area (Å²) in [5, 5.41) is 0. The number of esters is 3. The molecule has 0 spiro atoms. The average molecular weight is 1180 g/mol. The summed E-state index contributed by atoms with van der Waals surface area (Å²) in [6, 6.07) is 0. The predicted molar refractivity (Wildman–Crippen MR) is 312 cm³/mol. The lowest BCUT2D eigenvalue weighted by atomic mass is 9.69. The van der Waals surface area contributed by atoms with Gasteiger partial charge >= 0.3 is 36.4 Å². The van der Waals surface area contributed by atoms with Crippen molar-refractivity contribution >= 4 is 17.9 Å². The highest BCUT2D eigenvalue weighted by atomic mass is 19.4. The first-order valence-electron chi connectivity index (χ1n) is 23.6. The van der Waals surface area contributed by atoms with Gasteiger partial charge in [0, 0.05) is 0 Å². The van der Waals surface area contributed by atoms with Crippen molar-refractivity contribution in [3.63, 3.8) is 0 Å². The van der Waals surface area contributed by atoms with E-state index in [0.717, 1.165) is 27.2 Å². The van der Waals surface area contributed by atoms with Crippen molar-refractivity contribution in [1.29, 1.82) is 0 Å². The molecule has 1 saturated heterocycles. The van der Waals surface area contributed by atoms with Crippen molar-refractivity contribution < 1.29 is 81.6 Å². The van der Waals surface area contributed by atoms with Gasteiger partial charge in [0.25, 0.3) is 5.92 Å². The van der Waals surface area contributed by atoms with E-state index < -0.39 is 82.5 Å². The minimum absolute atomic E-state index is 0. The van der Waals surface area contributed by atoms with Crippen molar-refractivity contribution in [2.75, 3.05) is 20.3 Å². The number of alkyl halides is 11. The monoisotopic (exact) mass is 1170 g/mol. The van der Waals surface area contributed by atoms with Crippen LogP contribution in [0.25, 0.3) is 0 Å². The van der Waals surface area contributed by atoms with Gasteiger partial charge in [-0.1, -0.05) is 115 Å². The van der Waals surface area contributed by atoms with Crippen LogP contribution in [-0.2, 0) is 39.8 Å². The molecule has 1 aromatic carbocycles. The van der Waals surface area contributed by atoms with Crippen LogP contribution >= 0.6 is 0 Å². The second kappa shape index (κ2) is 35.1. The molecule has 1 fully saturated rings. The van der Waals surface area contributed by atoms with Crippen LogP contribution in [0.2, 0.25) is 0 Å². The first-order valence-corrected chi connectivity index (χ1v) is 23.6. The van der Waals surface area contributed by atoms with E-state index in [2.05, 4.69) is 64.9 Å². The first kappa shape index (κ1) is 101. The fourth-order valence-electron chi connectivity index (χ4n) is 6.53. The van der Waals surface area contributed by atoms with Crippen LogP contribution in [0.5, 0.6) is 0 Å². The van der Waals surface area contributed by atoms with Crippen molar-refractivity contribution in [1.82, 2.24) is 0 Å². The first-order chi connectivity index (χ1) is 30.8. The third kappa shape index (κ3) is 23.2. The highest BCUT2D eigenvalue weighted by Gasteiger charge is 2.83. The highest BCUT2D eigenvalue weighted by molar-refractivity contribution is 5.76. The fraction of sp³-hybridized carbons (Fsp3) is 0.852. The Morgan fingerprint density at radius 1 is 0.494 bits per heavy atom. The number of ether oxygens (including phenoxy) is 4. The van der Waals surface area contributed by atoms with Crippen molar-refractivity contribution in [3.05, 3.63) is 33.4 Å². The van der Waals surface area contributed by atoms with E-state index in [1.807, 2.05) is 20.8 Å². The Morgan fingerprint density at radius 2 is 0.797 bits per heavy atom. The maximum atomic E-state index is 14.8. The van der Waals surface area contributed by atoms with Crippen LogP contribution in [0, 0.1) is 67.1 Å². The van der Waals surface area contributed by atoms with E-state index in [9.17, 15) is 62.7 Å². The Kier molecular flexibility index (Phi) is 44.8. The van der Waals surface area contributed by atoms with E-state index in [4.69, 9.17) is 9.47 Å². The van der Waals surface area contributed by atoms with Gasteiger partial charge in [-0.05, 0) is 182 Å². The summed E-state index contributed by atoms with van der Waals surface area (Å²) >= 11 is 0. The molecule has 0 aromatic heterocycles. The Balaban J connectivity index is -0.0000000866. The van der Waals surface area contributed by atoms with Gasteiger partial charge in [0.05, 0.1) is 34.4 Å². The molecule has 1 aliphatic rings. The maximum Gasteiger partial charge on any atom is 0.423 e. The SMILES string of the molecule is C.C.C.C.C.C.C.C.C.CCC(C)(C)C(=O)OC.CCC(C)(C)C(=O)OCC(C)(C(F)(F)F)C(F)(F)F.CCC(C)(C)C(=O)OCC1(C)C(C)(C)OC(C)(C(F)(F)F)C1(F)F.CCC(C)(C)CCc1c(C)c(C)c(C)c(C)c1C. The lowest BCUT2D eigenvalue weighted by Gasteiger charge is -2.40. The number of carbonyl (C=O) groups is 3. The third-order valence-corrected chi connectivity index (χ3v) is 15.5. The topological polar surface area (TPSA) is 88.1 Å². The van der Waals surface area contributed by atoms with Gasteiger partial charge in [-0.25, -0.2) is 8.78 Å². The van der Waals surface area contributed by atoms with Crippen LogP contribution in [-0.4, -0.2) is 73.9 Å². The summed E-state index contributed by atoms with van der Waals surface area (Å²) in [6.07, 6.45) is -11.2. The van der Waals surface area contributed by atoms with Gasteiger partial charge in [-0.3, -0.25) is 14.4 Å². The largest absolute Gasteiger partial charge is 0.469 e. The minimum Gasteiger partial charge on any atom is -0.469 e. The molecule has 2 rings (SSSR count). The van der Waals surface area contributed by atoms with E-state index in [1.165, 1.54) is 68.0 Å². The molecule has 7 nitrogen and oxygen atoms in total. The second-order valence-corrected chi connectivity index (χ2v) is 22.4. The number of halogens is 11. The molecule has 1 heterocycles. The highest BCUT2D eigenvalue weighted by Crippen LogP contribution is 2.65. The van der Waals surface area contributed by atoms with E-state index >= 15 is 0 Å². The molecule has 18 heteroatoms. The Labute approximate surface area is 477 Å². The van der Waals surface area contributed by atoms with E-state index in [0.29, 0.717) is 18.8 Å². The van der Waals surface area contributed by atoms with Crippen LogP contribution < -0.4 is 0 Å². The summed E-state index contributed by atoms with van der Waals surface area (Å²) in [7, 11) is 1.42. The fourth-order valence-corrected chi connectivity index (χ4v) is 6.53. The molecule has 2 unspecified atom stereocenters. The molecule has 1 aromatic rings. The smallest absolute Gasteiger partial charge is 0.423 e. The van der Waals surface area contributed by atoms with Crippen LogP contribution in [0.3, 0.4) is 0 Å². The summed E-state index contributed by atoms with van der Waals surface area (Å²) in [4.78, 5) is 34.3. The number of carbonyl (C=O) groups excluding carboxylic acids is 3. The van der Waals surface area contributed by atoms with Gasteiger partial charge in [0.1, 0.15) is 13.2 Å². The standard InChI is InChI=1S/C18H30.C16H25F5O3.C11H16F6O2.C7H14O2.9CH4/c1-9-18(7,8)11-10-17-15(5)13(3)12(2)14(4)16(17)6;1-8-11(2,3)10(22)23-9-13(6)12(4,5)24-14(7,15(13,17)18)16(19,20)21;1-5-8(2,3)7(18)19-6-9(4,10(12,13)14)11(15,16)17;1-5-7(2,3)6(8)9-4;;;;;;;;;/h9-11H2,1-8H3;8-9H2,1-7H3;5-6H2,1-4H3;5H2,1-4H3;9*1H4. The summed E-state index contributed by atoms with van der Waals surface area (Å²) in [5.41, 5.74) is -4.75. The molecule has 484 valence electrons. The Morgan fingerprint density at radius 3 is 1.05 bits per heavy atom. The molecular formula is C61H121F11O7. The predicted octanol–water partition coefficient (Wildman–Crippen LogP) is 21.8. The van der Waals surface area contributed by atoms with Crippen LogP contribution in [0.15, 0.2) is 0 Å². The van der Waals surface area contributed by atoms with Crippen LogP contribution in [0.1, 0.15) is 250 Å². The zero-order chi connectivity index (χ0) is 56.7. The molecule has 0 aliphatic carbocycles. The lowest BCUT2D eigenvalue weighted by Crippen LogP contribution is -2.60. The lowest BCUT2D eigenvalue weighted by molar-refractivity contribution is -0.343. The number of benzene rings is 1. The van der Waals surface area contributed by atoms with E-state index in [1.54, 1.807) is 33.3 Å². The van der Waals surface area contributed by atoms with Gasteiger partial charge < -0.3 is 18.9 Å². The zero-order valence-corrected chi connectivity index (χ0v) is 46.2. The molecule has 2 atom stereocenters. The van der Waals surface area contributed by atoms with Crippen molar-refractivity contribution in [2.45, 2.75) is 293 Å². The van der Waals surface area contributed by atoms with Gasteiger partial charge in [-0.15, -0.1) is 0 Å². The summed E-state index contributed by atoms with van der Waals surface area (Å²) in [6.45, 7) is 34.3. The molecule has 0 amide bonds. The Bertz CT molecular complexity index is 1870. The quantitative estimate of drug-likeness (QED) is 0.104. The number of hydrogen-bond acceptors (Lipinski definition) is 7. The molecule has 79 heavy (non-hydrogen) atoms. The van der Waals surface area contributed by atoms with Crippen LogP contribution in [0.4, 0.5) is 48.3 Å². The second-order valence-electron chi connectivity index (χ2n) is 22.4. The van der Waals surface area contributed by atoms with Gasteiger partial charge in [-0.2, -0.15) is 39.5 Å². The molecule has 1 aliphatic heterocycles. The van der Waals surface area contributed by atoms with Gasteiger partial charge in [0.2, 0.25) is 5.60 Å². The molecule has 0 bridgehead atoms. The van der Waals surface area contributed by atoms with E-state index in [-0.39, 0.29) is 91.6 Å². The number of rotatable bonds is 14. The molecular weight excluding hydrogens is 1050 g/mol. The molecule has 0 saturated carbocycles. The Hall–Kier alpha value is -3.18. The summed E-state index contributed by atoms with van der Waals surface area (Å²) in [5.74, 6) is -6.25. The summed E-state index contributed by atoms with van der Waals surface area (Å²) < 4.78 is 163. The minimum atomic E-state index is -5.55. The number of methoxy groups -OCH3 is 1. The zero-order valence-electron chi connectivity index (χ0n) is 46.2. The molecule has 0 radical (unpaired) electrons. The normalized spacial score (nSPS) is 17.4. The maximum absolute atomic E-state index is 14.8. The number of hydrogen-bond donors (Lipinski definition) is 0.